The lowest BCUT2D eigenvalue weighted by atomic mass is 10.1. The number of nitrogens with one attached hydrogen (secondary N) is 1. The number of carbonyl (C=O) groups excluding carboxylic acids is 1. The van der Waals surface area contributed by atoms with Crippen LogP contribution in [0.15, 0.2) is 23.4 Å². The fraction of sp³-hybridized carbons (Fsp3) is 0.417. The van der Waals surface area contributed by atoms with E-state index in [1.807, 2.05) is 37.6 Å². The summed E-state index contributed by atoms with van der Waals surface area (Å²) in [4.78, 5) is 13.9. The van der Waals surface area contributed by atoms with Gasteiger partial charge in [-0.15, -0.1) is 21.5 Å². The van der Waals surface area contributed by atoms with Crippen molar-refractivity contribution in [3.05, 3.63) is 50.6 Å². The minimum Gasteiger partial charge on any atom is -0.483 e. The smallest absolute Gasteiger partial charge is 0.235 e. The van der Waals surface area contributed by atoms with Gasteiger partial charge in [-0.05, 0) is 68.9 Å². The van der Waals surface area contributed by atoms with Gasteiger partial charge in [-0.1, -0.05) is 29.8 Å². The van der Waals surface area contributed by atoms with Crippen LogP contribution in [0, 0.1) is 18.3 Å². The van der Waals surface area contributed by atoms with E-state index in [4.69, 9.17) is 16.3 Å². The predicted molar refractivity (Wildman–Crippen MR) is 136 cm³/mol. The summed E-state index contributed by atoms with van der Waals surface area (Å²) in [5.41, 5.74) is 2.69. The van der Waals surface area contributed by atoms with Gasteiger partial charge in [0.05, 0.1) is 11.3 Å². The number of benzene rings is 1. The Bertz CT molecular complexity index is 1250. The highest BCUT2D eigenvalue weighted by molar-refractivity contribution is 7.99. The summed E-state index contributed by atoms with van der Waals surface area (Å²) in [6, 6.07) is 7.81. The number of aryl methyl sites for hydroxylation is 2. The second-order valence-corrected chi connectivity index (χ2v) is 10.7. The molecule has 7 nitrogen and oxygen atoms in total. The molecule has 10 heteroatoms. The molecule has 1 atom stereocenters. The number of anilines is 1. The molecule has 2 heterocycles. The van der Waals surface area contributed by atoms with E-state index in [1.54, 1.807) is 17.4 Å². The number of aromatic nitrogens is 3. The minimum atomic E-state index is -0.332. The zero-order chi connectivity index (χ0) is 24.2. The predicted octanol–water partition coefficient (Wildman–Crippen LogP) is 5.85. The third kappa shape index (κ3) is 5.40. The van der Waals surface area contributed by atoms with Crippen molar-refractivity contribution in [2.75, 3.05) is 11.1 Å². The number of thioether (sulfide) groups is 1. The van der Waals surface area contributed by atoms with Crippen LogP contribution >= 0.6 is 34.7 Å². The number of hydrogen-bond donors (Lipinski definition) is 1. The van der Waals surface area contributed by atoms with E-state index in [1.165, 1.54) is 23.1 Å². The van der Waals surface area contributed by atoms with E-state index >= 15 is 0 Å². The Labute approximate surface area is 212 Å². The molecule has 4 rings (SSSR count). The van der Waals surface area contributed by atoms with Gasteiger partial charge >= 0.3 is 0 Å². The monoisotopic (exact) mass is 515 g/mol. The second-order valence-electron chi connectivity index (χ2n) is 8.29. The number of fused-ring (bicyclic) bond motifs is 1. The van der Waals surface area contributed by atoms with Crippen LogP contribution in [-0.4, -0.2) is 26.4 Å². The van der Waals surface area contributed by atoms with Crippen LogP contribution in [0.5, 0.6) is 5.75 Å². The van der Waals surface area contributed by atoms with Crippen molar-refractivity contribution < 1.29 is 9.53 Å². The Morgan fingerprint density at radius 2 is 2.15 bits per heavy atom. The second kappa shape index (κ2) is 10.8. The van der Waals surface area contributed by atoms with Gasteiger partial charge < -0.3 is 14.6 Å². The standard InChI is InChI=1S/C24H26ClN5O2S2/c1-14-11-16(9-10-19(14)25)32-15(2)22-28-29-24(30(22)3)33-13-21(31)27-23-18(12-26)17-7-5-4-6-8-20(17)34-23/h9-11,15H,4-8,13H2,1-3H3,(H,27,31). The van der Waals surface area contributed by atoms with Gasteiger partial charge in [0.25, 0.3) is 0 Å². The average Bonchev–Trinajstić information content (AvgIpc) is 3.24. The maximum Gasteiger partial charge on any atom is 0.235 e. The Morgan fingerprint density at radius 3 is 2.91 bits per heavy atom. The molecule has 0 aliphatic heterocycles. The fourth-order valence-corrected chi connectivity index (χ4v) is 6.09. The van der Waals surface area contributed by atoms with Crippen LogP contribution in [0.3, 0.4) is 0 Å². The number of thiophene rings is 1. The van der Waals surface area contributed by atoms with Crippen molar-refractivity contribution in [1.29, 1.82) is 5.26 Å². The van der Waals surface area contributed by atoms with E-state index in [9.17, 15) is 10.1 Å². The summed E-state index contributed by atoms with van der Waals surface area (Å²) in [5, 5.41) is 23.1. The molecule has 0 saturated heterocycles. The molecule has 0 fully saturated rings. The Kier molecular flexibility index (Phi) is 7.81. The first kappa shape index (κ1) is 24.6. The molecule has 1 aliphatic carbocycles. The zero-order valence-electron chi connectivity index (χ0n) is 19.4. The van der Waals surface area contributed by atoms with Crippen LogP contribution in [0.2, 0.25) is 5.02 Å². The molecule has 0 bridgehead atoms. The van der Waals surface area contributed by atoms with Crippen molar-refractivity contribution in [3.63, 3.8) is 0 Å². The van der Waals surface area contributed by atoms with Gasteiger partial charge in [0.2, 0.25) is 5.91 Å². The molecule has 1 unspecified atom stereocenters. The van der Waals surface area contributed by atoms with Gasteiger partial charge in [-0.2, -0.15) is 5.26 Å². The van der Waals surface area contributed by atoms with Crippen molar-refractivity contribution >= 4 is 45.6 Å². The van der Waals surface area contributed by atoms with Crippen LogP contribution in [-0.2, 0) is 24.7 Å². The number of ether oxygens (including phenoxy) is 1. The number of carbonyl (C=O) groups is 1. The number of hydrogen-bond acceptors (Lipinski definition) is 7. The van der Waals surface area contributed by atoms with Crippen molar-refractivity contribution in [2.24, 2.45) is 7.05 Å². The van der Waals surface area contributed by atoms with Gasteiger partial charge in [0, 0.05) is 16.9 Å². The molecule has 34 heavy (non-hydrogen) atoms. The minimum absolute atomic E-state index is 0.164. The van der Waals surface area contributed by atoms with Crippen LogP contribution in [0.25, 0.3) is 0 Å². The zero-order valence-corrected chi connectivity index (χ0v) is 21.7. The van der Waals surface area contributed by atoms with Crippen molar-refractivity contribution in [3.8, 4) is 11.8 Å². The molecule has 1 aromatic carbocycles. The first-order valence-corrected chi connectivity index (χ1v) is 13.3. The lowest BCUT2D eigenvalue weighted by Crippen LogP contribution is -2.15. The Balaban J connectivity index is 1.38. The Morgan fingerprint density at radius 1 is 1.35 bits per heavy atom. The molecule has 178 valence electrons. The first-order chi connectivity index (χ1) is 16.4. The maximum absolute atomic E-state index is 12.7. The summed E-state index contributed by atoms with van der Waals surface area (Å²) < 4.78 is 7.84. The van der Waals surface area contributed by atoms with E-state index in [-0.39, 0.29) is 17.8 Å². The van der Waals surface area contributed by atoms with E-state index in [0.717, 1.165) is 36.8 Å². The van der Waals surface area contributed by atoms with Crippen LogP contribution in [0.4, 0.5) is 5.00 Å². The quantitative estimate of drug-likeness (QED) is 0.313. The normalized spacial score (nSPS) is 14.1. The molecule has 1 N–H and O–H groups in total. The van der Waals surface area contributed by atoms with Crippen molar-refractivity contribution in [2.45, 2.75) is 57.2 Å². The van der Waals surface area contributed by atoms with Gasteiger partial charge in [-0.25, -0.2) is 0 Å². The molecular formula is C24H26ClN5O2S2. The van der Waals surface area contributed by atoms with Crippen LogP contribution in [0.1, 0.15) is 59.7 Å². The molecule has 1 amide bonds. The summed E-state index contributed by atoms with van der Waals surface area (Å²) in [6.45, 7) is 3.83. The van der Waals surface area contributed by atoms with E-state index in [0.29, 0.717) is 32.3 Å². The third-order valence-corrected chi connectivity index (χ3v) is 8.44. The molecule has 3 aromatic rings. The van der Waals surface area contributed by atoms with Gasteiger partial charge in [0.1, 0.15) is 16.8 Å². The number of nitrogens with zero attached hydrogens (tertiary/aromatic N) is 4. The highest BCUT2D eigenvalue weighted by Crippen LogP contribution is 2.37. The number of amides is 1. The molecule has 0 radical (unpaired) electrons. The molecule has 1 aliphatic rings. The van der Waals surface area contributed by atoms with Crippen LogP contribution < -0.4 is 10.1 Å². The summed E-state index contributed by atoms with van der Waals surface area (Å²) in [6.07, 6.45) is 4.98. The highest BCUT2D eigenvalue weighted by atomic mass is 35.5. The number of halogens is 1. The maximum atomic E-state index is 12.7. The highest BCUT2D eigenvalue weighted by Gasteiger charge is 2.22. The van der Waals surface area contributed by atoms with E-state index < -0.39 is 0 Å². The summed E-state index contributed by atoms with van der Waals surface area (Å²) in [7, 11) is 1.85. The molecule has 0 saturated carbocycles. The lowest BCUT2D eigenvalue weighted by molar-refractivity contribution is -0.113. The Hall–Kier alpha value is -2.54. The molecular weight excluding hydrogens is 490 g/mol. The number of rotatable bonds is 7. The van der Waals surface area contributed by atoms with Gasteiger partial charge in [0.15, 0.2) is 17.1 Å². The lowest BCUT2D eigenvalue weighted by Gasteiger charge is -2.15. The molecule has 2 aromatic heterocycles. The largest absolute Gasteiger partial charge is 0.483 e. The fourth-order valence-electron chi connectivity index (χ4n) is 4.00. The van der Waals surface area contributed by atoms with Crippen molar-refractivity contribution in [1.82, 2.24) is 14.8 Å². The summed E-state index contributed by atoms with van der Waals surface area (Å²) >= 11 is 8.93. The first-order valence-electron chi connectivity index (χ1n) is 11.2. The number of nitriles is 1. The topological polar surface area (TPSA) is 92.8 Å². The average molecular weight is 516 g/mol. The molecule has 0 spiro atoms. The third-order valence-electron chi connectivity index (χ3n) is 5.79. The van der Waals surface area contributed by atoms with E-state index in [2.05, 4.69) is 21.6 Å². The summed E-state index contributed by atoms with van der Waals surface area (Å²) in [5.74, 6) is 1.37. The SMILES string of the molecule is Cc1cc(OC(C)c2nnc(SCC(=O)Nc3sc4c(c3C#N)CCCCC4)n2C)ccc1Cl. The van der Waals surface area contributed by atoms with Gasteiger partial charge in [-0.3, -0.25) is 4.79 Å².